The van der Waals surface area contributed by atoms with Crippen LogP contribution in [0.1, 0.15) is 11.4 Å². The largest absolute Gasteiger partial charge is 0.305 e. The number of fused-ring (bicyclic) bond motifs is 1. The second kappa shape index (κ2) is 6.21. The lowest BCUT2D eigenvalue weighted by Crippen LogP contribution is -2.10. The van der Waals surface area contributed by atoms with E-state index in [0.717, 1.165) is 29.3 Å². The molecule has 0 saturated carbocycles. The number of hydrogen-bond donors (Lipinski definition) is 0. The highest BCUT2D eigenvalue weighted by atomic mass is 79.9. The van der Waals surface area contributed by atoms with Crippen molar-refractivity contribution in [2.75, 3.05) is 5.33 Å². The van der Waals surface area contributed by atoms with E-state index in [4.69, 9.17) is 0 Å². The van der Waals surface area contributed by atoms with Gasteiger partial charge in [-0.2, -0.15) is 0 Å². The van der Waals surface area contributed by atoms with Gasteiger partial charge in [0.25, 0.3) is 0 Å². The average molecular weight is 391 g/mol. The molecule has 0 saturated heterocycles. The van der Waals surface area contributed by atoms with E-state index in [2.05, 4.69) is 55.0 Å². The lowest BCUT2D eigenvalue weighted by Gasteiger charge is -2.04. The summed E-state index contributed by atoms with van der Waals surface area (Å²) in [5, 5.41) is 11.2. The van der Waals surface area contributed by atoms with Gasteiger partial charge in [-0.1, -0.05) is 58.0 Å². The lowest BCUT2D eigenvalue weighted by atomic mass is 10.1. The molecule has 0 amide bonds. The van der Waals surface area contributed by atoms with Gasteiger partial charge in [0.1, 0.15) is 5.82 Å². The molecule has 3 nitrogen and oxygen atoms in total. The van der Waals surface area contributed by atoms with Gasteiger partial charge in [-0.05, 0) is 5.56 Å². The quantitative estimate of drug-likeness (QED) is 0.753. The average Bonchev–Trinajstić information content (AvgIpc) is 2.92. The molecular formula is C12H13Br2N3S. The Bertz CT molecular complexity index is 515. The van der Waals surface area contributed by atoms with Crippen LogP contribution in [-0.4, -0.2) is 25.3 Å². The second-order valence-electron chi connectivity index (χ2n) is 4.07. The van der Waals surface area contributed by atoms with E-state index in [1.807, 2.05) is 17.8 Å². The molecule has 0 fully saturated rings. The molecule has 1 aromatic heterocycles. The Morgan fingerprint density at radius 3 is 2.78 bits per heavy atom. The molecule has 0 bridgehead atoms. The number of alkyl halides is 1. The normalized spacial score (nSPS) is 17.3. The zero-order valence-electron chi connectivity index (χ0n) is 9.62. The number of nitrogens with zero attached hydrogens (tertiary/aromatic N) is 3. The number of aromatic nitrogens is 3. The highest BCUT2D eigenvalue weighted by Gasteiger charge is 2.25. The molecule has 1 atom stereocenters. The summed E-state index contributed by atoms with van der Waals surface area (Å²) >= 11 is 5.34. The fourth-order valence-electron chi connectivity index (χ4n) is 1.97. The monoisotopic (exact) mass is 389 g/mol. The summed E-state index contributed by atoms with van der Waals surface area (Å²) in [5.41, 5.74) is 1.29. The molecule has 1 aliphatic heterocycles. The Morgan fingerprint density at radius 2 is 2.06 bits per heavy atom. The first kappa shape index (κ1) is 14.1. The Kier molecular flexibility index (Phi) is 4.86. The molecule has 18 heavy (non-hydrogen) atoms. The first-order chi connectivity index (χ1) is 8.36. The number of halogens is 2. The van der Waals surface area contributed by atoms with Crippen molar-refractivity contribution in [2.45, 2.75) is 23.4 Å². The number of rotatable bonds is 3. The molecule has 0 aliphatic carbocycles. The van der Waals surface area contributed by atoms with Gasteiger partial charge in [-0.25, -0.2) is 0 Å². The molecule has 1 aliphatic rings. The molecule has 1 unspecified atom stereocenters. The molecule has 0 spiro atoms. The van der Waals surface area contributed by atoms with Gasteiger partial charge in [0.15, 0.2) is 5.16 Å². The van der Waals surface area contributed by atoms with Crippen LogP contribution in [-0.2, 0) is 13.0 Å². The maximum Gasteiger partial charge on any atom is 0.191 e. The minimum atomic E-state index is 0. The summed E-state index contributed by atoms with van der Waals surface area (Å²) in [6.45, 7) is 1.01. The molecule has 1 aromatic carbocycles. The van der Waals surface area contributed by atoms with Crippen LogP contribution in [0.4, 0.5) is 0 Å². The van der Waals surface area contributed by atoms with Crippen LogP contribution in [0, 0.1) is 0 Å². The highest BCUT2D eigenvalue weighted by molar-refractivity contribution is 9.09. The molecular weight excluding hydrogens is 378 g/mol. The third kappa shape index (κ3) is 2.81. The minimum Gasteiger partial charge on any atom is -0.305 e. The van der Waals surface area contributed by atoms with E-state index in [-0.39, 0.29) is 17.0 Å². The first-order valence-corrected chi connectivity index (χ1v) is 7.55. The third-order valence-electron chi connectivity index (χ3n) is 2.83. The summed E-state index contributed by atoms with van der Waals surface area (Å²) in [7, 11) is 0. The standard InChI is InChI=1S/C12H12BrN3S.BrH/c13-7-10-8-16-11(14-15-12(16)17-10)6-9-4-2-1-3-5-9;/h1-5,10H,6-8H2;1H. The zero-order valence-corrected chi connectivity index (χ0v) is 13.7. The van der Waals surface area contributed by atoms with E-state index in [1.165, 1.54) is 5.56 Å². The fourth-order valence-corrected chi connectivity index (χ4v) is 3.55. The van der Waals surface area contributed by atoms with Crippen molar-refractivity contribution < 1.29 is 0 Å². The molecule has 0 N–H and O–H groups in total. The van der Waals surface area contributed by atoms with Crippen LogP contribution in [0.25, 0.3) is 0 Å². The lowest BCUT2D eigenvalue weighted by molar-refractivity contribution is 0.643. The van der Waals surface area contributed by atoms with Crippen molar-refractivity contribution in [1.29, 1.82) is 0 Å². The van der Waals surface area contributed by atoms with Crippen LogP contribution < -0.4 is 0 Å². The number of hydrogen-bond acceptors (Lipinski definition) is 3. The van der Waals surface area contributed by atoms with Gasteiger partial charge >= 0.3 is 0 Å². The maximum atomic E-state index is 4.28. The predicted octanol–water partition coefficient (Wildman–Crippen LogP) is 3.32. The first-order valence-electron chi connectivity index (χ1n) is 5.55. The van der Waals surface area contributed by atoms with Gasteiger partial charge in [0.2, 0.25) is 0 Å². The highest BCUT2D eigenvalue weighted by Crippen LogP contribution is 2.32. The summed E-state index contributed by atoms with van der Waals surface area (Å²) < 4.78 is 2.24. The summed E-state index contributed by atoms with van der Waals surface area (Å²) in [6, 6.07) is 10.4. The van der Waals surface area contributed by atoms with E-state index in [1.54, 1.807) is 0 Å². The summed E-state index contributed by atoms with van der Waals surface area (Å²) in [4.78, 5) is 0. The van der Waals surface area contributed by atoms with Gasteiger partial charge in [0, 0.05) is 23.5 Å². The molecule has 2 aromatic rings. The van der Waals surface area contributed by atoms with Crippen LogP contribution in [0.5, 0.6) is 0 Å². The van der Waals surface area contributed by atoms with Crippen LogP contribution in [0.2, 0.25) is 0 Å². The zero-order chi connectivity index (χ0) is 11.7. The number of thioether (sulfide) groups is 1. The van der Waals surface area contributed by atoms with Crippen molar-refractivity contribution >= 4 is 44.7 Å². The maximum absolute atomic E-state index is 4.28. The van der Waals surface area contributed by atoms with E-state index in [9.17, 15) is 0 Å². The molecule has 2 heterocycles. The number of benzene rings is 1. The predicted molar refractivity (Wildman–Crippen MR) is 83.0 cm³/mol. The van der Waals surface area contributed by atoms with Crippen molar-refractivity contribution in [1.82, 2.24) is 14.8 Å². The molecule has 3 rings (SSSR count). The van der Waals surface area contributed by atoms with Gasteiger partial charge in [-0.15, -0.1) is 27.2 Å². The minimum absolute atomic E-state index is 0. The van der Waals surface area contributed by atoms with Gasteiger partial charge in [0.05, 0.1) is 0 Å². The molecule has 96 valence electrons. The van der Waals surface area contributed by atoms with Crippen molar-refractivity contribution in [3.63, 3.8) is 0 Å². The molecule has 6 heteroatoms. The van der Waals surface area contributed by atoms with Gasteiger partial charge < -0.3 is 4.57 Å². The van der Waals surface area contributed by atoms with Crippen molar-refractivity contribution in [3.8, 4) is 0 Å². The Balaban J connectivity index is 0.00000120. The van der Waals surface area contributed by atoms with Crippen LogP contribution in [0.15, 0.2) is 35.5 Å². The Morgan fingerprint density at radius 1 is 1.28 bits per heavy atom. The van der Waals surface area contributed by atoms with Crippen LogP contribution >= 0.6 is 44.7 Å². The van der Waals surface area contributed by atoms with Crippen molar-refractivity contribution in [3.05, 3.63) is 41.7 Å². The summed E-state index contributed by atoms with van der Waals surface area (Å²) in [6.07, 6.45) is 0.864. The van der Waals surface area contributed by atoms with E-state index in [0.29, 0.717) is 5.25 Å². The molecule has 0 radical (unpaired) electrons. The van der Waals surface area contributed by atoms with Crippen molar-refractivity contribution in [2.24, 2.45) is 0 Å². The van der Waals surface area contributed by atoms with Crippen LogP contribution in [0.3, 0.4) is 0 Å². The fraction of sp³-hybridized carbons (Fsp3) is 0.333. The SMILES string of the molecule is Br.BrCC1Cn2c(Cc3ccccc3)nnc2S1. The summed E-state index contributed by atoms with van der Waals surface area (Å²) in [5.74, 6) is 1.07. The van der Waals surface area contributed by atoms with E-state index >= 15 is 0 Å². The van der Waals surface area contributed by atoms with E-state index < -0.39 is 0 Å². The smallest absolute Gasteiger partial charge is 0.191 e. The second-order valence-corrected chi connectivity index (χ2v) is 5.98. The Hall–Kier alpha value is -0.330. The topological polar surface area (TPSA) is 30.7 Å². The Labute approximate surface area is 129 Å². The van der Waals surface area contributed by atoms with Gasteiger partial charge in [-0.3, -0.25) is 0 Å². The third-order valence-corrected chi connectivity index (χ3v) is 5.20.